The molecule has 0 radical (unpaired) electrons. The number of hydrogen-bond donors (Lipinski definition) is 0. The van der Waals surface area contributed by atoms with Gasteiger partial charge in [0.2, 0.25) is 0 Å². The van der Waals surface area contributed by atoms with E-state index in [2.05, 4.69) is 0 Å². The van der Waals surface area contributed by atoms with Crippen LogP contribution in [0.15, 0.2) is 18.2 Å². The number of rotatable bonds is 3. The van der Waals surface area contributed by atoms with Crippen molar-refractivity contribution < 1.29 is 19.1 Å². The minimum absolute atomic E-state index is 0.396. The van der Waals surface area contributed by atoms with Crippen molar-refractivity contribution in [2.24, 2.45) is 0 Å². The highest BCUT2D eigenvalue weighted by atomic mass is 35.5. The van der Waals surface area contributed by atoms with Gasteiger partial charge in [-0.3, -0.25) is 4.90 Å². The van der Waals surface area contributed by atoms with E-state index in [1.54, 1.807) is 33.9 Å². The van der Waals surface area contributed by atoms with Crippen LogP contribution < -0.4 is 9.64 Å². The molecular weight excluding hydrogens is 332 g/mol. The Morgan fingerprint density at radius 1 is 1.33 bits per heavy atom. The molecule has 1 amide bonds. The number of anilines is 1. The topological polar surface area (TPSA) is 59.1 Å². The molecule has 1 atom stereocenters. The average molecular weight is 355 g/mol. The van der Waals surface area contributed by atoms with Crippen LogP contribution in [0.25, 0.3) is 0 Å². The van der Waals surface area contributed by atoms with Crippen LogP contribution >= 0.6 is 11.6 Å². The molecule has 132 valence electrons. The van der Waals surface area contributed by atoms with Crippen LogP contribution in [-0.4, -0.2) is 55.7 Å². The van der Waals surface area contributed by atoms with E-state index in [4.69, 9.17) is 21.1 Å². The first-order valence-electron chi connectivity index (χ1n) is 7.78. The molecule has 0 N–H and O–H groups in total. The molecule has 6 nitrogen and oxygen atoms in total. The molecule has 1 aromatic carbocycles. The van der Waals surface area contributed by atoms with Crippen molar-refractivity contribution in [1.29, 1.82) is 0 Å². The van der Waals surface area contributed by atoms with Crippen LogP contribution in [0.1, 0.15) is 20.8 Å². The number of carbonyl (C=O) groups is 2. The van der Waals surface area contributed by atoms with Gasteiger partial charge in [0, 0.05) is 31.4 Å². The average Bonchev–Trinajstić information content (AvgIpc) is 2.53. The van der Waals surface area contributed by atoms with E-state index in [1.165, 1.54) is 4.90 Å². The normalized spacial score (nSPS) is 18.3. The number of benzene rings is 1. The Morgan fingerprint density at radius 3 is 2.62 bits per heavy atom. The predicted octanol–water partition coefficient (Wildman–Crippen LogP) is 2.97. The van der Waals surface area contributed by atoms with Gasteiger partial charge in [-0.1, -0.05) is 11.6 Å². The predicted molar refractivity (Wildman–Crippen MR) is 93.0 cm³/mol. The summed E-state index contributed by atoms with van der Waals surface area (Å²) in [4.78, 5) is 27.2. The fraction of sp³-hybridized carbons (Fsp3) is 0.529. The summed E-state index contributed by atoms with van der Waals surface area (Å²) in [5.41, 5.74) is 0.303. The Balaban J connectivity index is 2.12. The van der Waals surface area contributed by atoms with E-state index in [-0.39, 0.29) is 0 Å². The van der Waals surface area contributed by atoms with E-state index >= 15 is 0 Å². The number of piperazine rings is 1. The molecule has 0 saturated carbocycles. The Kier molecular flexibility index (Phi) is 5.59. The molecule has 7 heteroatoms. The highest BCUT2D eigenvalue weighted by Crippen LogP contribution is 2.30. The summed E-state index contributed by atoms with van der Waals surface area (Å²) in [6.07, 6.45) is 0.316. The van der Waals surface area contributed by atoms with Crippen molar-refractivity contribution in [2.75, 3.05) is 31.6 Å². The molecule has 1 saturated heterocycles. The number of ether oxygens (including phenoxy) is 2. The molecule has 1 aromatic rings. The number of nitrogens with zero attached hydrogens (tertiary/aromatic N) is 2. The number of methoxy groups -OCH3 is 1. The monoisotopic (exact) mass is 354 g/mol. The van der Waals surface area contributed by atoms with Crippen LogP contribution in [0.5, 0.6) is 5.75 Å². The Labute approximate surface area is 147 Å². The quantitative estimate of drug-likeness (QED) is 0.781. The summed E-state index contributed by atoms with van der Waals surface area (Å²) in [7, 11) is 1.56. The minimum atomic E-state index is -0.592. The Morgan fingerprint density at radius 2 is 2.04 bits per heavy atom. The number of halogens is 1. The van der Waals surface area contributed by atoms with Crippen molar-refractivity contribution in [1.82, 2.24) is 4.90 Å². The molecular formula is C17H23ClN2O4. The molecule has 24 heavy (non-hydrogen) atoms. The summed E-state index contributed by atoms with van der Waals surface area (Å²) in [6, 6.07) is 4.89. The Bertz CT molecular complexity index is 615. The lowest BCUT2D eigenvalue weighted by Gasteiger charge is -2.40. The third-order valence-corrected chi connectivity index (χ3v) is 4.02. The molecule has 0 bridgehead atoms. The second kappa shape index (κ2) is 7.30. The second-order valence-electron chi connectivity index (χ2n) is 6.64. The SMILES string of the molecule is COc1cc(N2CCN(C(=O)OC(C)(C)C)[C@H](C=O)C2)ccc1Cl. The summed E-state index contributed by atoms with van der Waals surface area (Å²) >= 11 is 6.05. The van der Waals surface area contributed by atoms with Gasteiger partial charge in [-0.25, -0.2) is 4.79 Å². The van der Waals surface area contributed by atoms with Gasteiger partial charge in [-0.05, 0) is 32.9 Å². The standard InChI is InChI=1S/C17H23ClN2O4/c1-17(2,3)24-16(22)20-8-7-19(10-13(20)11-21)12-5-6-14(18)15(9-12)23-4/h5-6,9,11,13H,7-8,10H2,1-4H3/t13-/m0/s1. The maximum atomic E-state index is 12.3. The number of amides is 1. The first-order valence-corrected chi connectivity index (χ1v) is 8.16. The van der Waals surface area contributed by atoms with Crippen molar-refractivity contribution in [3.05, 3.63) is 23.2 Å². The van der Waals surface area contributed by atoms with Crippen LogP contribution in [0, 0.1) is 0 Å². The number of hydrogen-bond acceptors (Lipinski definition) is 5. The highest BCUT2D eigenvalue weighted by molar-refractivity contribution is 6.32. The lowest BCUT2D eigenvalue weighted by Crippen LogP contribution is -2.56. The fourth-order valence-electron chi connectivity index (χ4n) is 2.55. The van der Waals surface area contributed by atoms with Crippen LogP contribution in [0.3, 0.4) is 0 Å². The maximum Gasteiger partial charge on any atom is 0.411 e. The number of carbonyl (C=O) groups excluding carboxylic acids is 2. The van der Waals surface area contributed by atoms with Gasteiger partial charge in [0.15, 0.2) is 0 Å². The third kappa shape index (κ3) is 4.32. The maximum absolute atomic E-state index is 12.3. The number of aldehydes is 1. The third-order valence-electron chi connectivity index (χ3n) is 3.70. The second-order valence-corrected chi connectivity index (χ2v) is 7.05. The van der Waals surface area contributed by atoms with Crippen LogP contribution in [0.2, 0.25) is 5.02 Å². The van der Waals surface area contributed by atoms with Crippen molar-refractivity contribution in [2.45, 2.75) is 32.4 Å². The van der Waals surface area contributed by atoms with E-state index in [0.717, 1.165) is 12.0 Å². The summed E-state index contributed by atoms with van der Waals surface area (Å²) in [5.74, 6) is 0.575. The smallest absolute Gasteiger partial charge is 0.411 e. The largest absolute Gasteiger partial charge is 0.495 e. The van der Waals surface area contributed by atoms with Crippen LogP contribution in [-0.2, 0) is 9.53 Å². The van der Waals surface area contributed by atoms with Crippen molar-refractivity contribution in [3.63, 3.8) is 0 Å². The van der Waals surface area contributed by atoms with Crippen LogP contribution in [0.4, 0.5) is 10.5 Å². The molecule has 1 aliphatic rings. The van der Waals surface area contributed by atoms with Gasteiger partial charge in [-0.2, -0.15) is 0 Å². The molecule has 1 aliphatic heterocycles. The molecule has 0 aliphatic carbocycles. The molecule has 1 heterocycles. The van der Waals surface area contributed by atoms with Gasteiger partial charge >= 0.3 is 6.09 Å². The van der Waals surface area contributed by atoms with Crippen molar-refractivity contribution >= 4 is 29.7 Å². The first-order chi connectivity index (χ1) is 11.2. The molecule has 0 spiro atoms. The molecule has 0 aromatic heterocycles. The lowest BCUT2D eigenvalue weighted by molar-refractivity contribution is -0.112. The lowest BCUT2D eigenvalue weighted by atomic mass is 10.1. The first kappa shape index (κ1) is 18.4. The summed E-state index contributed by atoms with van der Waals surface area (Å²) < 4.78 is 10.6. The summed E-state index contributed by atoms with van der Waals surface area (Å²) in [5, 5.41) is 0.528. The molecule has 2 rings (SSSR count). The van der Waals surface area contributed by atoms with Gasteiger partial charge in [0.1, 0.15) is 23.7 Å². The zero-order valence-electron chi connectivity index (χ0n) is 14.4. The molecule has 0 unspecified atom stereocenters. The van der Waals surface area contributed by atoms with Gasteiger partial charge in [-0.15, -0.1) is 0 Å². The van der Waals surface area contributed by atoms with Gasteiger partial charge in [0.05, 0.1) is 12.1 Å². The van der Waals surface area contributed by atoms with E-state index in [0.29, 0.717) is 30.4 Å². The highest BCUT2D eigenvalue weighted by Gasteiger charge is 2.33. The minimum Gasteiger partial charge on any atom is -0.495 e. The van der Waals surface area contributed by atoms with Crippen molar-refractivity contribution in [3.8, 4) is 5.75 Å². The van der Waals surface area contributed by atoms with E-state index < -0.39 is 17.7 Å². The zero-order valence-corrected chi connectivity index (χ0v) is 15.2. The van der Waals surface area contributed by atoms with Gasteiger partial charge in [0.25, 0.3) is 0 Å². The Hall–Kier alpha value is -1.95. The fourth-order valence-corrected chi connectivity index (χ4v) is 2.75. The van der Waals surface area contributed by atoms with E-state index in [9.17, 15) is 9.59 Å². The summed E-state index contributed by atoms with van der Waals surface area (Å²) in [6.45, 7) is 6.80. The van der Waals surface area contributed by atoms with Gasteiger partial charge < -0.3 is 19.2 Å². The van der Waals surface area contributed by atoms with E-state index in [1.807, 2.05) is 17.0 Å². The molecule has 1 fully saturated rings. The zero-order chi connectivity index (χ0) is 17.9.